The quantitative estimate of drug-likeness (QED) is 0.831. The highest BCUT2D eigenvalue weighted by molar-refractivity contribution is 5.68. The summed E-state index contributed by atoms with van der Waals surface area (Å²) in [7, 11) is 1.88. The fraction of sp³-hybridized carbons (Fsp3) is 0.214. The van der Waals surface area contributed by atoms with Crippen molar-refractivity contribution in [2.24, 2.45) is 0 Å². The average molecular weight is 268 g/mol. The van der Waals surface area contributed by atoms with Crippen LogP contribution in [0.1, 0.15) is 11.3 Å². The van der Waals surface area contributed by atoms with Gasteiger partial charge in [0.2, 0.25) is 6.79 Å². The van der Waals surface area contributed by atoms with E-state index in [1.54, 1.807) is 6.07 Å². The van der Waals surface area contributed by atoms with Crippen molar-refractivity contribution in [3.63, 3.8) is 0 Å². The van der Waals surface area contributed by atoms with E-state index in [1.807, 2.05) is 37.1 Å². The molecule has 0 N–H and O–H groups in total. The molecule has 0 aliphatic carbocycles. The maximum atomic E-state index is 8.90. The highest BCUT2D eigenvalue weighted by Crippen LogP contribution is 2.39. The Balaban J connectivity index is 2.02. The van der Waals surface area contributed by atoms with Gasteiger partial charge in [0.1, 0.15) is 23.9 Å². The van der Waals surface area contributed by atoms with Gasteiger partial charge in [0.25, 0.3) is 0 Å². The standard InChI is InChI=1S/C14H12N4O2/c1-9-3-12-13(20-8-19-12)5-11(9)18(2)14-4-10(6-15)16-7-17-14/h3-5,7H,8H2,1-2H3. The lowest BCUT2D eigenvalue weighted by molar-refractivity contribution is 0.174. The van der Waals surface area contributed by atoms with E-state index in [0.29, 0.717) is 17.3 Å². The number of hydrogen-bond acceptors (Lipinski definition) is 6. The zero-order chi connectivity index (χ0) is 14.1. The summed E-state index contributed by atoms with van der Waals surface area (Å²) in [6.45, 7) is 2.23. The van der Waals surface area contributed by atoms with E-state index >= 15 is 0 Å². The summed E-state index contributed by atoms with van der Waals surface area (Å²) in [6.07, 6.45) is 1.38. The van der Waals surface area contributed by atoms with E-state index in [0.717, 1.165) is 17.0 Å². The summed E-state index contributed by atoms with van der Waals surface area (Å²) >= 11 is 0. The number of hydrogen-bond donors (Lipinski definition) is 0. The molecule has 1 aliphatic heterocycles. The van der Waals surface area contributed by atoms with Crippen molar-refractivity contribution in [2.75, 3.05) is 18.7 Å². The fourth-order valence-corrected chi connectivity index (χ4v) is 2.11. The van der Waals surface area contributed by atoms with Crippen molar-refractivity contribution in [3.8, 4) is 17.6 Å². The van der Waals surface area contributed by atoms with Gasteiger partial charge in [-0.3, -0.25) is 0 Å². The van der Waals surface area contributed by atoms with Crippen molar-refractivity contribution < 1.29 is 9.47 Å². The van der Waals surface area contributed by atoms with Crippen LogP contribution < -0.4 is 14.4 Å². The molecule has 0 saturated heterocycles. The lowest BCUT2D eigenvalue weighted by Gasteiger charge is -2.20. The largest absolute Gasteiger partial charge is 0.454 e. The normalized spacial score (nSPS) is 12.1. The molecule has 6 heteroatoms. The number of fused-ring (bicyclic) bond motifs is 1. The first-order valence-corrected chi connectivity index (χ1v) is 6.05. The number of nitrogens with zero attached hydrogens (tertiary/aromatic N) is 4. The van der Waals surface area contributed by atoms with Gasteiger partial charge in [0.15, 0.2) is 11.5 Å². The van der Waals surface area contributed by atoms with Gasteiger partial charge in [-0.25, -0.2) is 9.97 Å². The maximum absolute atomic E-state index is 8.90. The van der Waals surface area contributed by atoms with Gasteiger partial charge >= 0.3 is 0 Å². The number of anilines is 2. The topological polar surface area (TPSA) is 71.3 Å². The summed E-state index contributed by atoms with van der Waals surface area (Å²) in [5.41, 5.74) is 2.31. The van der Waals surface area contributed by atoms with Gasteiger partial charge in [0.05, 0.1) is 0 Å². The molecule has 0 amide bonds. The maximum Gasteiger partial charge on any atom is 0.231 e. The Morgan fingerprint density at radius 3 is 2.70 bits per heavy atom. The van der Waals surface area contributed by atoms with Gasteiger partial charge in [-0.05, 0) is 18.6 Å². The van der Waals surface area contributed by atoms with Crippen LogP contribution in [-0.2, 0) is 0 Å². The molecule has 0 spiro atoms. The van der Waals surface area contributed by atoms with Crippen LogP contribution in [0.15, 0.2) is 24.5 Å². The van der Waals surface area contributed by atoms with Crippen molar-refractivity contribution in [3.05, 3.63) is 35.8 Å². The molecule has 100 valence electrons. The molecule has 0 unspecified atom stereocenters. The van der Waals surface area contributed by atoms with E-state index < -0.39 is 0 Å². The Morgan fingerprint density at radius 1 is 1.20 bits per heavy atom. The number of benzene rings is 1. The van der Waals surface area contributed by atoms with Gasteiger partial charge < -0.3 is 14.4 Å². The lowest BCUT2D eigenvalue weighted by Crippen LogP contribution is -2.13. The van der Waals surface area contributed by atoms with Crippen molar-refractivity contribution in [1.29, 1.82) is 5.26 Å². The smallest absolute Gasteiger partial charge is 0.231 e. The van der Waals surface area contributed by atoms with E-state index in [2.05, 4.69) is 9.97 Å². The summed E-state index contributed by atoms with van der Waals surface area (Å²) in [6, 6.07) is 7.49. The van der Waals surface area contributed by atoms with E-state index in [-0.39, 0.29) is 6.79 Å². The highest BCUT2D eigenvalue weighted by atomic mass is 16.7. The van der Waals surface area contributed by atoms with Gasteiger partial charge in [-0.15, -0.1) is 0 Å². The summed E-state index contributed by atoms with van der Waals surface area (Å²) in [5, 5.41) is 8.90. The minimum Gasteiger partial charge on any atom is -0.454 e. The van der Waals surface area contributed by atoms with Crippen LogP contribution in [-0.4, -0.2) is 23.8 Å². The molecule has 1 aromatic heterocycles. The van der Waals surface area contributed by atoms with E-state index in [9.17, 15) is 0 Å². The minimum absolute atomic E-state index is 0.244. The Bertz CT molecular complexity index is 709. The number of ether oxygens (including phenoxy) is 2. The lowest BCUT2D eigenvalue weighted by atomic mass is 10.1. The van der Waals surface area contributed by atoms with Crippen molar-refractivity contribution in [2.45, 2.75) is 6.92 Å². The van der Waals surface area contributed by atoms with Crippen LogP contribution in [0.2, 0.25) is 0 Å². The first kappa shape index (κ1) is 12.2. The summed E-state index contributed by atoms with van der Waals surface area (Å²) in [4.78, 5) is 9.95. The minimum atomic E-state index is 0.244. The molecule has 1 aliphatic rings. The van der Waals surface area contributed by atoms with Crippen LogP contribution in [0.5, 0.6) is 11.5 Å². The number of aromatic nitrogens is 2. The first-order chi connectivity index (χ1) is 9.69. The van der Waals surface area contributed by atoms with Crippen molar-refractivity contribution in [1.82, 2.24) is 9.97 Å². The Labute approximate surface area is 116 Å². The zero-order valence-corrected chi connectivity index (χ0v) is 11.1. The predicted octanol–water partition coefficient (Wildman–Crippen LogP) is 2.15. The van der Waals surface area contributed by atoms with Crippen LogP contribution in [0.3, 0.4) is 0 Å². The van der Waals surface area contributed by atoms with E-state index in [4.69, 9.17) is 14.7 Å². The summed E-state index contributed by atoms with van der Waals surface area (Å²) < 4.78 is 10.7. The third-order valence-corrected chi connectivity index (χ3v) is 3.16. The number of aryl methyl sites for hydroxylation is 1. The van der Waals surface area contributed by atoms with E-state index in [1.165, 1.54) is 6.33 Å². The number of rotatable bonds is 2. The molecule has 0 saturated carbocycles. The van der Waals surface area contributed by atoms with Crippen LogP contribution in [0.25, 0.3) is 0 Å². The third-order valence-electron chi connectivity index (χ3n) is 3.16. The molecular formula is C14H12N4O2. The molecular weight excluding hydrogens is 256 g/mol. The number of nitriles is 1. The Hall–Kier alpha value is -2.81. The zero-order valence-electron chi connectivity index (χ0n) is 11.1. The highest BCUT2D eigenvalue weighted by Gasteiger charge is 2.18. The molecule has 20 heavy (non-hydrogen) atoms. The molecule has 3 rings (SSSR count). The van der Waals surface area contributed by atoms with Crippen molar-refractivity contribution >= 4 is 11.5 Å². The van der Waals surface area contributed by atoms with Crippen LogP contribution in [0, 0.1) is 18.3 Å². The molecule has 1 aromatic carbocycles. The second kappa shape index (κ2) is 4.70. The molecule has 6 nitrogen and oxygen atoms in total. The van der Waals surface area contributed by atoms with Gasteiger partial charge in [-0.1, -0.05) is 0 Å². The Kier molecular flexibility index (Phi) is 2.88. The fourth-order valence-electron chi connectivity index (χ4n) is 2.11. The van der Waals surface area contributed by atoms with Gasteiger partial charge in [-0.2, -0.15) is 5.26 Å². The Morgan fingerprint density at radius 2 is 1.95 bits per heavy atom. The molecule has 0 atom stereocenters. The monoisotopic (exact) mass is 268 g/mol. The second-order valence-electron chi connectivity index (χ2n) is 4.42. The van der Waals surface area contributed by atoms with Crippen LogP contribution >= 0.6 is 0 Å². The predicted molar refractivity (Wildman–Crippen MR) is 72.1 cm³/mol. The van der Waals surface area contributed by atoms with Crippen LogP contribution in [0.4, 0.5) is 11.5 Å². The second-order valence-corrected chi connectivity index (χ2v) is 4.42. The van der Waals surface area contributed by atoms with Gasteiger partial charge in [0, 0.05) is 24.9 Å². The molecule has 0 radical (unpaired) electrons. The summed E-state index contributed by atoms with van der Waals surface area (Å²) in [5.74, 6) is 2.12. The SMILES string of the molecule is Cc1cc2c(cc1N(C)c1cc(C#N)ncn1)OCO2. The molecule has 2 heterocycles. The molecule has 0 bridgehead atoms. The molecule has 2 aromatic rings. The first-order valence-electron chi connectivity index (χ1n) is 6.05. The third kappa shape index (κ3) is 1.99. The molecule has 0 fully saturated rings. The average Bonchev–Trinajstić information content (AvgIpc) is 2.92.